The maximum atomic E-state index is 13.1. The molecule has 26 heavy (non-hydrogen) atoms. The summed E-state index contributed by atoms with van der Waals surface area (Å²) in [6.45, 7) is 2.67. The van der Waals surface area contributed by atoms with Crippen LogP contribution in [0, 0.1) is 6.92 Å². The summed E-state index contributed by atoms with van der Waals surface area (Å²) in [6, 6.07) is 20.0. The van der Waals surface area contributed by atoms with Gasteiger partial charge >= 0.3 is 0 Å². The first-order valence-electron chi connectivity index (χ1n) is 8.41. The Hall–Kier alpha value is -2.37. The van der Waals surface area contributed by atoms with Gasteiger partial charge in [0.05, 0.1) is 17.4 Å². The molecule has 0 unspecified atom stereocenters. The van der Waals surface area contributed by atoms with E-state index in [9.17, 15) is 4.79 Å². The zero-order chi connectivity index (χ0) is 17.9. The molecule has 0 saturated heterocycles. The predicted molar refractivity (Wildman–Crippen MR) is 110 cm³/mol. The van der Waals surface area contributed by atoms with Crippen molar-refractivity contribution < 1.29 is 0 Å². The summed E-state index contributed by atoms with van der Waals surface area (Å²) in [5.74, 6) is 0.794. The highest BCUT2D eigenvalue weighted by atomic mass is 32.2. The van der Waals surface area contributed by atoms with Crippen molar-refractivity contribution in [2.24, 2.45) is 0 Å². The molecule has 2 aromatic heterocycles. The van der Waals surface area contributed by atoms with E-state index < -0.39 is 0 Å². The average Bonchev–Trinajstić information content (AvgIpc) is 3.17. The molecule has 2 heterocycles. The molecular weight excluding hydrogens is 360 g/mol. The first-order valence-corrected chi connectivity index (χ1v) is 10.3. The summed E-state index contributed by atoms with van der Waals surface area (Å²) in [6.07, 6.45) is 0. The summed E-state index contributed by atoms with van der Waals surface area (Å²) >= 11 is 3.28. The smallest absolute Gasteiger partial charge is 0.262 e. The average molecular weight is 379 g/mol. The Bertz CT molecular complexity index is 1100. The normalized spacial score (nSPS) is 11.1. The largest absolute Gasteiger partial charge is 0.282 e. The number of nitrogens with zero attached hydrogens (tertiary/aromatic N) is 2. The van der Waals surface area contributed by atoms with Gasteiger partial charge in [0.25, 0.3) is 5.56 Å². The van der Waals surface area contributed by atoms with Crippen molar-refractivity contribution in [1.29, 1.82) is 0 Å². The van der Waals surface area contributed by atoms with Gasteiger partial charge in [-0.05, 0) is 41.6 Å². The summed E-state index contributed by atoms with van der Waals surface area (Å²) in [4.78, 5) is 19.0. The van der Waals surface area contributed by atoms with Crippen molar-refractivity contribution in [2.75, 3.05) is 0 Å². The van der Waals surface area contributed by atoms with Crippen LogP contribution in [0.15, 0.2) is 76.0 Å². The lowest BCUT2D eigenvalue weighted by Gasteiger charge is -2.13. The van der Waals surface area contributed by atoms with Crippen molar-refractivity contribution in [2.45, 2.75) is 24.4 Å². The molecular formula is C21H18N2OS2. The second-order valence-electron chi connectivity index (χ2n) is 6.10. The van der Waals surface area contributed by atoms with E-state index in [4.69, 9.17) is 4.98 Å². The van der Waals surface area contributed by atoms with Crippen LogP contribution in [0.2, 0.25) is 0 Å². The van der Waals surface area contributed by atoms with Gasteiger partial charge < -0.3 is 0 Å². The number of aryl methyl sites for hydroxylation is 1. The maximum absolute atomic E-state index is 13.1. The van der Waals surface area contributed by atoms with E-state index in [0.717, 1.165) is 21.3 Å². The number of rotatable bonds is 5. The monoisotopic (exact) mass is 378 g/mol. The molecule has 0 radical (unpaired) electrons. The zero-order valence-electron chi connectivity index (χ0n) is 14.4. The number of para-hydroxylation sites is 1. The van der Waals surface area contributed by atoms with Crippen molar-refractivity contribution in [1.82, 2.24) is 9.55 Å². The first kappa shape index (κ1) is 17.1. The fourth-order valence-electron chi connectivity index (χ4n) is 2.87. The highest BCUT2D eigenvalue weighted by Crippen LogP contribution is 2.24. The fourth-order valence-corrected chi connectivity index (χ4v) is 4.64. The minimum absolute atomic E-state index is 0.0243. The quantitative estimate of drug-likeness (QED) is 0.358. The van der Waals surface area contributed by atoms with Crippen molar-refractivity contribution in [3.05, 3.63) is 92.4 Å². The molecule has 3 nitrogen and oxygen atoms in total. The molecule has 4 aromatic rings. The van der Waals surface area contributed by atoms with Gasteiger partial charge in [-0.15, -0.1) is 11.3 Å². The van der Waals surface area contributed by atoms with Crippen molar-refractivity contribution in [3.63, 3.8) is 0 Å². The van der Waals surface area contributed by atoms with Gasteiger partial charge in [0.15, 0.2) is 5.16 Å². The SMILES string of the molecule is Cc1ccccc1CSc1nc2ccccc2c(=O)n1Cc1cccs1. The van der Waals surface area contributed by atoms with Crippen LogP contribution in [0.5, 0.6) is 0 Å². The van der Waals surface area contributed by atoms with E-state index in [-0.39, 0.29) is 5.56 Å². The molecule has 5 heteroatoms. The molecule has 2 aromatic carbocycles. The Morgan fingerprint density at radius 2 is 1.85 bits per heavy atom. The molecule has 0 bridgehead atoms. The lowest BCUT2D eigenvalue weighted by Crippen LogP contribution is -2.23. The minimum Gasteiger partial charge on any atom is -0.282 e. The Morgan fingerprint density at radius 3 is 2.65 bits per heavy atom. The Kier molecular flexibility index (Phi) is 4.91. The second-order valence-corrected chi connectivity index (χ2v) is 8.07. The van der Waals surface area contributed by atoms with Gasteiger partial charge in [-0.2, -0.15) is 0 Å². The van der Waals surface area contributed by atoms with Crippen LogP contribution < -0.4 is 5.56 Å². The van der Waals surface area contributed by atoms with E-state index >= 15 is 0 Å². The Labute approximate surface area is 160 Å². The summed E-state index contributed by atoms with van der Waals surface area (Å²) in [7, 11) is 0. The molecule has 0 aliphatic heterocycles. The van der Waals surface area contributed by atoms with Gasteiger partial charge in [-0.1, -0.05) is 54.2 Å². The van der Waals surface area contributed by atoms with Gasteiger partial charge in [0.2, 0.25) is 0 Å². The molecule has 0 N–H and O–H groups in total. The maximum Gasteiger partial charge on any atom is 0.262 e. The molecule has 4 rings (SSSR count). The van der Waals surface area contributed by atoms with Crippen LogP contribution in [-0.2, 0) is 12.3 Å². The number of fused-ring (bicyclic) bond motifs is 1. The van der Waals surface area contributed by atoms with Crippen LogP contribution >= 0.6 is 23.1 Å². The second kappa shape index (κ2) is 7.48. The van der Waals surface area contributed by atoms with E-state index in [2.05, 4.69) is 31.2 Å². The summed E-state index contributed by atoms with van der Waals surface area (Å²) in [5.41, 5.74) is 3.30. The van der Waals surface area contributed by atoms with Crippen LogP contribution in [-0.4, -0.2) is 9.55 Å². The number of hydrogen-bond acceptors (Lipinski definition) is 4. The van der Waals surface area contributed by atoms with Gasteiger partial charge in [0, 0.05) is 10.6 Å². The molecule has 130 valence electrons. The predicted octanol–water partition coefficient (Wildman–Crippen LogP) is 5.11. The molecule has 0 saturated carbocycles. The van der Waals surface area contributed by atoms with Gasteiger partial charge in [-0.25, -0.2) is 4.98 Å². The zero-order valence-corrected chi connectivity index (χ0v) is 16.0. The number of thioether (sulfide) groups is 1. The number of aromatic nitrogens is 2. The lowest BCUT2D eigenvalue weighted by atomic mass is 10.1. The number of benzene rings is 2. The molecule has 0 atom stereocenters. The Balaban J connectivity index is 1.76. The highest BCUT2D eigenvalue weighted by molar-refractivity contribution is 7.98. The fraction of sp³-hybridized carbons (Fsp3) is 0.143. The van der Waals surface area contributed by atoms with E-state index in [1.807, 2.05) is 41.8 Å². The third-order valence-corrected chi connectivity index (χ3v) is 6.23. The molecule has 0 amide bonds. The summed E-state index contributed by atoms with van der Waals surface area (Å²) in [5, 5.41) is 3.48. The third kappa shape index (κ3) is 3.45. The highest BCUT2D eigenvalue weighted by Gasteiger charge is 2.13. The van der Waals surface area contributed by atoms with E-state index in [0.29, 0.717) is 11.9 Å². The molecule has 0 aliphatic rings. The third-order valence-electron chi connectivity index (χ3n) is 4.34. The van der Waals surface area contributed by atoms with Gasteiger partial charge in [-0.3, -0.25) is 9.36 Å². The molecule has 0 spiro atoms. The van der Waals surface area contributed by atoms with Gasteiger partial charge in [0.1, 0.15) is 0 Å². The minimum atomic E-state index is 0.0243. The topological polar surface area (TPSA) is 34.9 Å². The van der Waals surface area contributed by atoms with Crippen LogP contribution in [0.4, 0.5) is 0 Å². The molecule has 0 aliphatic carbocycles. The molecule has 0 fully saturated rings. The Morgan fingerprint density at radius 1 is 1.04 bits per heavy atom. The van der Waals surface area contributed by atoms with E-state index in [1.165, 1.54) is 11.1 Å². The lowest BCUT2D eigenvalue weighted by molar-refractivity contribution is 0.664. The first-order chi connectivity index (χ1) is 12.7. The number of hydrogen-bond donors (Lipinski definition) is 0. The summed E-state index contributed by atoms with van der Waals surface area (Å²) < 4.78 is 1.80. The standard InChI is InChI=1S/C21H18N2OS2/c1-15-7-2-3-8-16(15)14-26-21-22-19-11-5-4-10-18(19)20(24)23(21)13-17-9-6-12-25-17/h2-12H,13-14H2,1H3. The van der Waals surface area contributed by atoms with Crippen LogP contribution in [0.3, 0.4) is 0 Å². The van der Waals surface area contributed by atoms with Crippen LogP contribution in [0.25, 0.3) is 10.9 Å². The van der Waals surface area contributed by atoms with Crippen molar-refractivity contribution in [3.8, 4) is 0 Å². The number of thiophene rings is 1. The van der Waals surface area contributed by atoms with Crippen molar-refractivity contribution >= 4 is 34.0 Å². The van der Waals surface area contributed by atoms with Crippen LogP contribution in [0.1, 0.15) is 16.0 Å². The van der Waals surface area contributed by atoms with E-state index in [1.54, 1.807) is 27.7 Å².